The molecule has 0 radical (unpaired) electrons. The van der Waals surface area contributed by atoms with Gasteiger partial charge in [0.1, 0.15) is 19.3 Å². The van der Waals surface area contributed by atoms with Gasteiger partial charge in [0.05, 0.1) is 26.4 Å². The summed E-state index contributed by atoms with van der Waals surface area (Å²) in [6.07, 6.45) is 53.8. The first-order valence-corrected chi connectivity index (χ1v) is 42.9. The highest BCUT2D eigenvalue weighted by Crippen LogP contribution is 2.45. The molecule has 0 aliphatic heterocycles. The SMILES string of the molecule is CCCCCCCCCCCCCC(=O)OC[C@H](COP(=O)(O)OC[C@H](O)COP(=O)(O)OC[C@@H](COC(=O)CCCCCCCCCCCCC(C)CC)OC(=O)CCCCCCCCCCCCCCCCC(C)CC)OC(=O)CCCCCCCCCCCCC(C)C. The van der Waals surface area contributed by atoms with Crippen molar-refractivity contribution < 1.29 is 80.2 Å². The van der Waals surface area contributed by atoms with E-state index in [0.717, 1.165) is 108 Å². The van der Waals surface area contributed by atoms with Gasteiger partial charge in [-0.3, -0.25) is 37.3 Å². The maximum Gasteiger partial charge on any atom is 0.472 e. The molecule has 19 heteroatoms. The van der Waals surface area contributed by atoms with Crippen LogP contribution in [0, 0.1) is 17.8 Å². The molecular formula is C77H150O17P2. The van der Waals surface area contributed by atoms with E-state index >= 15 is 0 Å². The van der Waals surface area contributed by atoms with Crippen LogP contribution < -0.4 is 0 Å². The van der Waals surface area contributed by atoms with Crippen LogP contribution in [0.2, 0.25) is 0 Å². The molecule has 0 aliphatic carbocycles. The number of esters is 4. The first kappa shape index (κ1) is 94.1. The molecule has 0 aromatic heterocycles. The minimum atomic E-state index is -4.96. The van der Waals surface area contributed by atoms with Gasteiger partial charge in [0.15, 0.2) is 12.2 Å². The van der Waals surface area contributed by atoms with E-state index in [0.29, 0.717) is 25.7 Å². The second kappa shape index (κ2) is 67.5. The Hall–Kier alpha value is -1.94. The molecular weight excluding hydrogens is 1260 g/mol. The lowest BCUT2D eigenvalue weighted by Gasteiger charge is -2.21. The molecule has 0 heterocycles. The molecule has 0 saturated carbocycles. The maximum atomic E-state index is 13.1. The minimum absolute atomic E-state index is 0.106. The van der Waals surface area contributed by atoms with Gasteiger partial charge in [0, 0.05) is 25.7 Å². The summed E-state index contributed by atoms with van der Waals surface area (Å²) in [5.74, 6) is 0.292. The van der Waals surface area contributed by atoms with E-state index < -0.39 is 97.5 Å². The van der Waals surface area contributed by atoms with Crippen molar-refractivity contribution in [1.82, 2.24) is 0 Å². The number of aliphatic hydroxyl groups is 1. The zero-order valence-corrected chi connectivity index (χ0v) is 64.6. The van der Waals surface area contributed by atoms with E-state index in [1.165, 1.54) is 205 Å². The maximum absolute atomic E-state index is 13.1. The highest BCUT2D eigenvalue weighted by atomic mass is 31.2. The van der Waals surface area contributed by atoms with E-state index in [-0.39, 0.29) is 25.7 Å². The molecule has 0 bridgehead atoms. The second-order valence-electron chi connectivity index (χ2n) is 28.7. The van der Waals surface area contributed by atoms with Gasteiger partial charge in [0.25, 0.3) is 0 Å². The zero-order chi connectivity index (χ0) is 70.9. The van der Waals surface area contributed by atoms with E-state index in [9.17, 15) is 43.2 Å². The fourth-order valence-corrected chi connectivity index (χ4v) is 13.3. The van der Waals surface area contributed by atoms with Gasteiger partial charge in [0.2, 0.25) is 0 Å². The highest BCUT2D eigenvalue weighted by Gasteiger charge is 2.30. The van der Waals surface area contributed by atoms with Crippen LogP contribution in [0.3, 0.4) is 0 Å². The summed E-state index contributed by atoms with van der Waals surface area (Å²) < 4.78 is 68.6. The van der Waals surface area contributed by atoms with E-state index in [1.54, 1.807) is 0 Å². The molecule has 0 aromatic carbocycles. The Morgan fingerprint density at radius 1 is 0.302 bits per heavy atom. The van der Waals surface area contributed by atoms with Crippen molar-refractivity contribution in [2.75, 3.05) is 39.6 Å². The Morgan fingerprint density at radius 3 is 0.792 bits per heavy atom. The van der Waals surface area contributed by atoms with Gasteiger partial charge in [-0.05, 0) is 43.4 Å². The molecule has 96 heavy (non-hydrogen) atoms. The molecule has 570 valence electrons. The van der Waals surface area contributed by atoms with Gasteiger partial charge in [-0.1, -0.05) is 344 Å². The lowest BCUT2D eigenvalue weighted by atomic mass is 9.99. The topological polar surface area (TPSA) is 237 Å². The first-order valence-electron chi connectivity index (χ1n) is 39.9. The Morgan fingerprint density at radius 2 is 0.531 bits per heavy atom. The van der Waals surface area contributed by atoms with Crippen molar-refractivity contribution in [3.63, 3.8) is 0 Å². The van der Waals surface area contributed by atoms with Gasteiger partial charge in [-0.25, -0.2) is 9.13 Å². The molecule has 0 aromatic rings. The van der Waals surface area contributed by atoms with Crippen LogP contribution in [0.15, 0.2) is 0 Å². The van der Waals surface area contributed by atoms with Crippen LogP contribution in [-0.2, 0) is 65.4 Å². The normalized spacial score (nSPS) is 14.6. The number of ether oxygens (including phenoxy) is 4. The Labute approximate surface area is 588 Å². The van der Waals surface area contributed by atoms with Crippen LogP contribution in [0.25, 0.3) is 0 Å². The average molecular weight is 1410 g/mol. The standard InChI is InChI=1S/C77H150O17P2/c1-8-11-12-13-14-15-20-30-37-44-51-58-74(79)87-64-73(94-77(82)61-54-47-40-33-25-23-27-34-41-48-55-68(4)5)67-92-96(85,86)90-63-71(78)62-89-95(83,84)91-66-72(65-88-75(80)59-52-45-38-31-26-24-29-36-43-50-57-70(7)10-3)93-76(81)60-53-46-39-32-22-19-17-16-18-21-28-35-42-49-56-69(6)9-2/h68-73,78H,8-67H2,1-7H3,(H,83,84)(H,85,86)/t69?,70?,71-,72-,73-/m1/s1. The molecule has 0 fully saturated rings. The van der Waals surface area contributed by atoms with Gasteiger partial charge >= 0.3 is 39.5 Å². The fraction of sp³-hybridized carbons (Fsp3) is 0.948. The van der Waals surface area contributed by atoms with Crippen LogP contribution >= 0.6 is 15.6 Å². The lowest BCUT2D eigenvalue weighted by molar-refractivity contribution is -0.161. The summed E-state index contributed by atoms with van der Waals surface area (Å²) in [5.41, 5.74) is 0. The van der Waals surface area contributed by atoms with Crippen molar-refractivity contribution in [2.24, 2.45) is 17.8 Å². The Kier molecular flexibility index (Phi) is 66.2. The number of hydrogen-bond acceptors (Lipinski definition) is 15. The molecule has 3 N–H and O–H groups in total. The average Bonchev–Trinajstić information content (AvgIpc) is 1.21. The molecule has 0 aliphatic rings. The summed E-state index contributed by atoms with van der Waals surface area (Å²) in [4.78, 5) is 72.9. The van der Waals surface area contributed by atoms with E-state index in [2.05, 4.69) is 48.5 Å². The summed E-state index contributed by atoms with van der Waals surface area (Å²) in [5, 5.41) is 10.6. The predicted octanol–water partition coefficient (Wildman–Crippen LogP) is 22.6. The van der Waals surface area contributed by atoms with Crippen molar-refractivity contribution in [3.8, 4) is 0 Å². The highest BCUT2D eigenvalue weighted by molar-refractivity contribution is 7.47. The van der Waals surface area contributed by atoms with Crippen LogP contribution in [0.4, 0.5) is 0 Å². The Bertz CT molecular complexity index is 1870. The van der Waals surface area contributed by atoms with Gasteiger partial charge in [-0.2, -0.15) is 0 Å². The third-order valence-electron chi connectivity index (χ3n) is 18.6. The first-order chi connectivity index (χ1) is 46.3. The summed E-state index contributed by atoms with van der Waals surface area (Å²) in [7, 11) is -9.91. The number of aliphatic hydroxyl groups excluding tert-OH is 1. The monoisotopic (exact) mass is 1410 g/mol. The third-order valence-corrected chi connectivity index (χ3v) is 20.5. The minimum Gasteiger partial charge on any atom is -0.462 e. The molecule has 0 rings (SSSR count). The number of hydrogen-bond donors (Lipinski definition) is 3. The smallest absolute Gasteiger partial charge is 0.462 e. The predicted molar refractivity (Wildman–Crippen MR) is 391 cm³/mol. The summed E-state index contributed by atoms with van der Waals surface area (Å²) in [6.45, 7) is 12.0. The largest absolute Gasteiger partial charge is 0.472 e. The fourth-order valence-electron chi connectivity index (χ4n) is 11.7. The molecule has 17 nitrogen and oxygen atoms in total. The number of carbonyl (C=O) groups excluding carboxylic acids is 4. The second-order valence-corrected chi connectivity index (χ2v) is 31.6. The van der Waals surface area contributed by atoms with Crippen LogP contribution in [-0.4, -0.2) is 96.7 Å². The van der Waals surface area contributed by atoms with Crippen LogP contribution in [0.5, 0.6) is 0 Å². The molecule has 4 unspecified atom stereocenters. The third kappa shape index (κ3) is 67.9. The van der Waals surface area contributed by atoms with Gasteiger partial charge in [-0.15, -0.1) is 0 Å². The molecule has 7 atom stereocenters. The quantitative estimate of drug-likeness (QED) is 0.0222. The van der Waals surface area contributed by atoms with E-state index in [1.807, 2.05) is 0 Å². The Balaban J connectivity index is 5.26. The van der Waals surface area contributed by atoms with Crippen molar-refractivity contribution in [2.45, 2.75) is 414 Å². The van der Waals surface area contributed by atoms with Crippen LogP contribution in [0.1, 0.15) is 395 Å². The molecule has 0 saturated heterocycles. The number of rotatable bonds is 75. The van der Waals surface area contributed by atoms with E-state index in [4.69, 9.17) is 37.0 Å². The van der Waals surface area contributed by atoms with Gasteiger partial charge < -0.3 is 33.8 Å². The number of phosphoric acid groups is 2. The van der Waals surface area contributed by atoms with Crippen molar-refractivity contribution >= 4 is 39.5 Å². The summed E-state index contributed by atoms with van der Waals surface area (Å²) in [6, 6.07) is 0. The molecule has 0 spiro atoms. The number of carbonyl (C=O) groups is 4. The van der Waals surface area contributed by atoms with Crippen molar-refractivity contribution in [3.05, 3.63) is 0 Å². The zero-order valence-electron chi connectivity index (χ0n) is 62.8. The lowest BCUT2D eigenvalue weighted by Crippen LogP contribution is -2.30. The number of unbranched alkanes of at least 4 members (excludes halogenated alkanes) is 41. The molecule has 0 amide bonds. The summed E-state index contributed by atoms with van der Waals surface area (Å²) >= 11 is 0. The van der Waals surface area contributed by atoms with Crippen molar-refractivity contribution in [1.29, 1.82) is 0 Å². The number of phosphoric ester groups is 2.